The van der Waals surface area contributed by atoms with E-state index in [1.54, 1.807) is 18.3 Å². The predicted octanol–water partition coefficient (Wildman–Crippen LogP) is 1.54. The molecule has 0 radical (unpaired) electrons. The summed E-state index contributed by atoms with van der Waals surface area (Å²) < 4.78 is 4.66. The minimum Gasteiger partial charge on any atom is -0.465 e. The first-order valence-electron chi connectivity index (χ1n) is 4.17. The van der Waals surface area contributed by atoms with E-state index in [2.05, 4.69) is 9.72 Å². The average molecular weight is 190 g/mol. The lowest BCUT2D eigenvalue weighted by Crippen LogP contribution is -2.02. The number of aromatic amines is 1. The fourth-order valence-corrected chi connectivity index (χ4v) is 1.47. The highest BCUT2D eigenvalue weighted by molar-refractivity contribution is 6.05. The molecule has 4 nitrogen and oxygen atoms in total. The molecule has 14 heavy (non-hydrogen) atoms. The second-order valence-electron chi connectivity index (χ2n) is 3.00. The number of rotatable bonds is 1. The van der Waals surface area contributed by atoms with Gasteiger partial charge in [-0.15, -0.1) is 0 Å². The second kappa shape index (κ2) is 3.06. The third kappa shape index (κ3) is 1.21. The molecule has 72 valence electrons. The Morgan fingerprint density at radius 2 is 2.29 bits per heavy atom. The number of H-pyrrole nitrogens is 1. The number of hydrogen-bond acceptors (Lipinski definition) is 3. The lowest BCUT2D eigenvalue weighted by molar-refractivity contribution is 0.0603. The Morgan fingerprint density at radius 3 is 3.00 bits per heavy atom. The van der Waals surface area contributed by atoms with Crippen LogP contribution in [0.15, 0.2) is 24.4 Å². The number of methoxy groups -OCH3 is 1. The highest BCUT2D eigenvalue weighted by atomic mass is 16.5. The number of fused-ring (bicyclic) bond motifs is 1. The molecule has 3 N–H and O–H groups in total. The molecule has 1 aromatic heterocycles. The van der Waals surface area contributed by atoms with Crippen LogP contribution in [0.3, 0.4) is 0 Å². The van der Waals surface area contributed by atoms with Crippen molar-refractivity contribution >= 4 is 22.6 Å². The zero-order valence-electron chi connectivity index (χ0n) is 7.70. The Balaban J connectivity index is 2.72. The summed E-state index contributed by atoms with van der Waals surface area (Å²) in [5.74, 6) is -0.373. The fraction of sp³-hybridized carbons (Fsp3) is 0.100. The van der Waals surface area contributed by atoms with Crippen LogP contribution in [0.5, 0.6) is 0 Å². The van der Waals surface area contributed by atoms with Gasteiger partial charge < -0.3 is 15.5 Å². The number of hydrogen-bond donors (Lipinski definition) is 2. The normalized spacial score (nSPS) is 10.4. The van der Waals surface area contributed by atoms with Gasteiger partial charge in [-0.1, -0.05) is 0 Å². The van der Waals surface area contributed by atoms with Crippen LogP contribution in [0, 0.1) is 0 Å². The van der Waals surface area contributed by atoms with E-state index in [4.69, 9.17) is 5.73 Å². The number of carbonyl (C=O) groups excluding carboxylic acids is 1. The highest BCUT2D eigenvalue weighted by Gasteiger charge is 2.11. The molecule has 0 aliphatic carbocycles. The van der Waals surface area contributed by atoms with Gasteiger partial charge in [0.1, 0.15) is 0 Å². The lowest BCUT2D eigenvalue weighted by atomic mass is 10.1. The van der Waals surface area contributed by atoms with Crippen molar-refractivity contribution < 1.29 is 9.53 Å². The van der Waals surface area contributed by atoms with E-state index in [1.165, 1.54) is 7.11 Å². The summed E-state index contributed by atoms with van der Waals surface area (Å²) in [4.78, 5) is 14.4. The van der Waals surface area contributed by atoms with Gasteiger partial charge in [-0.25, -0.2) is 4.79 Å². The second-order valence-corrected chi connectivity index (χ2v) is 3.00. The molecule has 2 rings (SSSR count). The quantitative estimate of drug-likeness (QED) is 0.529. The zero-order chi connectivity index (χ0) is 10.1. The minimum absolute atomic E-state index is 0.373. The molecule has 0 bridgehead atoms. The molecule has 0 fully saturated rings. The van der Waals surface area contributed by atoms with E-state index in [9.17, 15) is 4.79 Å². The van der Waals surface area contributed by atoms with Gasteiger partial charge in [0.15, 0.2) is 0 Å². The van der Waals surface area contributed by atoms with Gasteiger partial charge in [-0.05, 0) is 18.2 Å². The fourth-order valence-electron chi connectivity index (χ4n) is 1.47. The van der Waals surface area contributed by atoms with Crippen LogP contribution in [-0.4, -0.2) is 18.1 Å². The average Bonchev–Trinajstić information content (AvgIpc) is 2.62. The molecular weight excluding hydrogens is 180 g/mol. The lowest BCUT2D eigenvalue weighted by Gasteiger charge is -2.02. The van der Waals surface area contributed by atoms with Crippen LogP contribution in [-0.2, 0) is 4.74 Å². The van der Waals surface area contributed by atoms with Crippen molar-refractivity contribution in [3.05, 3.63) is 30.0 Å². The van der Waals surface area contributed by atoms with Gasteiger partial charge in [0.25, 0.3) is 0 Å². The number of aromatic nitrogens is 1. The Bertz CT molecular complexity index is 488. The number of nitrogens with one attached hydrogen (secondary N) is 1. The van der Waals surface area contributed by atoms with Crippen molar-refractivity contribution in [1.82, 2.24) is 4.98 Å². The van der Waals surface area contributed by atoms with Crippen molar-refractivity contribution in [1.29, 1.82) is 0 Å². The highest BCUT2D eigenvalue weighted by Crippen LogP contribution is 2.21. The standard InChI is InChI=1S/C10H10N2O2/c1-14-10(13)8-4-6(11)5-9-7(8)2-3-12-9/h2-5,12H,11H2,1H3. The summed E-state index contributed by atoms with van der Waals surface area (Å²) in [6, 6.07) is 5.21. The van der Waals surface area contributed by atoms with E-state index < -0.39 is 0 Å². The molecular formula is C10H10N2O2. The molecule has 0 aliphatic rings. The summed E-state index contributed by atoms with van der Waals surface area (Å²) >= 11 is 0. The van der Waals surface area contributed by atoms with Gasteiger partial charge >= 0.3 is 5.97 Å². The van der Waals surface area contributed by atoms with E-state index in [-0.39, 0.29) is 5.97 Å². The molecule has 0 amide bonds. The molecule has 0 saturated carbocycles. The van der Waals surface area contributed by atoms with Crippen molar-refractivity contribution in [2.24, 2.45) is 0 Å². The number of ether oxygens (including phenoxy) is 1. The maximum atomic E-state index is 11.4. The third-order valence-corrected chi connectivity index (χ3v) is 2.10. The molecule has 2 aromatic rings. The molecule has 4 heteroatoms. The molecule has 0 atom stereocenters. The van der Waals surface area contributed by atoms with Crippen LogP contribution in [0.4, 0.5) is 5.69 Å². The van der Waals surface area contributed by atoms with Gasteiger partial charge in [0, 0.05) is 22.8 Å². The first-order valence-corrected chi connectivity index (χ1v) is 4.17. The van der Waals surface area contributed by atoms with E-state index in [1.807, 2.05) is 6.07 Å². The van der Waals surface area contributed by atoms with Gasteiger partial charge in [-0.2, -0.15) is 0 Å². The van der Waals surface area contributed by atoms with E-state index >= 15 is 0 Å². The first kappa shape index (κ1) is 8.62. The SMILES string of the molecule is COC(=O)c1cc(N)cc2[nH]ccc12. The maximum Gasteiger partial charge on any atom is 0.338 e. The minimum atomic E-state index is -0.373. The van der Waals surface area contributed by atoms with Crippen molar-refractivity contribution in [3.63, 3.8) is 0 Å². The van der Waals surface area contributed by atoms with E-state index in [0.29, 0.717) is 11.3 Å². The molecule has 0 spiro atoms. The largest absolute Gasteiger partial charge is 0.465 e. The molecule has 0 saturated heterocycles. The topological polar surface area (TPSA) is 68.1 Å². The van der Waals surface area contributed by atoms with Crippen LogP contribution < -0.4 is 5.73 Å². The molecule has 1 aromatic carbocycles. The third-order valence-electron chi connectivity index (χ3n) is 2.10. The maximum absolute atomic E-state index is 11.4. The van der Waals surface area contributed by atoms with Gasteiger partial charge in [0.2, 0.25) is 0 Å². The summed E-state index contributed by atoms with van der Waals surface area (Å²) in [6.07, 6.45) is 1.76. The Morgan fingerprint density at radius 1 is 1.50 bits per heavy atom. The molecule has 1 heterocycles. The Hall–Kier alpha value is -1.97. The molecule has 0 unspecified atom stereocenters. The summed E-state index contributed by atoms with van der Waals surface area (Å²) in [7, 11) is 1.35. The van der Waals surface area contributed by atoms with E-state index in [0.717, 1.165) is 10.9 Å². The smallest absolute Gasteiger partial charge is 0.338 e. The van der Waals surface area contributed by atoms with Crippen molar-refractivity contribution in [2.45, 2.75) is 0 Å². The van der Waals surface area contributed by atoms with Crippen LogP contribution in [0.25, 0.3) is 10.9 Å². The molecule has 0 aliphatic heterocycles. The summed E-state index contributed by atoms with van der Waals surface area (Å²) in [6.45, 7) is 0. The van der Waals surface area contributed by atoms with Crippen LogP contribution in [0.1, 0.15) is 10.4 Å². The number of esters is 1. The van der Waals surface area contributed by atoms with Crippen LogP contribution in [0.2, 0.25) is 0 Å². The summed E-state index contributed by atoms with van der Waals surface area (Å²) in [5.41, 5.74) is 7.52. The predicted molar refractivity (Wildman–Crippen MR) is 54.1 cm³/mol. The number of benzene rings is 1. The van der Waals surface area contributed by atoms with Crippen molar-refractivity contribution in [3.8, 4) is 0 Å². The van der Waals surface area contributed by atoms with Crippen molar-refractivity contribution in [2.75, 3.05) is 12.8 Å². The number of anilines is 1. The van der Waals surface area contributed by atoms with Crippen LogP contribution >= 0.6 is 0 Å². The number of carbonyl (C=O) groups is 1. The zero-order valence-corrected chi connectivity index (χ0v) is 7.70. The number of nitrogen functional groups attached to an aromatic ring is 1. The summed E-state index contributed by atoms with van der Waals surface area (Å²) in [5, 5.41) is 0.825. The van der Waals surface area contributed by atoms with Gasteiger partial charge in [-0.3, -0.25) is 0 Å². The Labute approximate surface area is 80.7 Å². The Kier molecular flexibility index (Phi) is 1.89. The van der Waals surface area contributed by atoms with Gasteiger partial charge in [0.05, 0.1) is 12.7 Å². The monoisotopic (exact) mass is 190 g/mol. The number of nitrogens with two attached hydrogens (primary N) is 1. The first-order chi connectivity index (χ1) is 6.72.